The van der Waals surface area contributed by atoms with Crippen LogP contribution in [0.4, 0.5) is 0 Å². The van der Waals surface area contributed by atoms with E-state index < -0.39 is 20.3 Å². The highest BCUT2D eigenvalue weighted by molar-refractivity contribution is 6.74. The van der Waals surface area contributed by atoms with Gasteiger partial charge in [-0.1, -0.05) is 50.0 Å². The van der Waals surface area contributed by atoms with E-state index in [9.17, 15) is 9.90 Å². The first-order chi connectivity index (χ1) is 11.4. The van der Waals surface area contributed by atoms with E-state index in [0.717, 1.165) is 5.56 Å². The molecule has 0 amide bonds. The SMILES string of the molecule is CC(C)(C)[Si](C)(C)OC1C[C@@H](C(=O)O)N(Cc2ccc(Cl)cc2Cl)C1. The number of nitrogens with zero attached hydrogens (tertiary/aromatic N) is 1. The zero-order chi connectivity index (χ0) is 19.0. The maximum atomic E-state index is 11.7. The predicted octanol–water partition coefficient (Wildman–Crippen LogP) is 5.04. The number of carboxylic acid groups (broad SMARTS) is 1. The molecule has 4 nitrogen and oxygen atoms in total. The summed E-state index contributed by atoms with van der Waals surface area (Å²) in [5.74, 6) is -0.814. The molecule has 2 atom stereocenters. The van der Waals surface area contributed by atoms with E-state index in [0.29, 0.717) is 29.6 Å². The minimum Gasteiger partial charge on any atom is -0.480 e. The first-order valence-corrected chi connectivity index (χ1v) is 12.2. The summed E-state index contributed by atoms with van der Waals surface area (Å²) in [7, 11) is -1.94. The average Bonchev–Trinajstić information content (AvgIpc) is 2.83. The number of rotatable bonds is 5. The van der Waals surface area contributed by atoms with Crippen LogP contribution in [-0.4, -0.2) is 43.0 Å². The Morgan fingerprint density at radius 3 is 2.52 bits per heavy atom. The monoisotopic (exact) mass is 403 g/mol. The molecule has 1 unspecified atom stereocenters. The van der Waals surface area contributed by atoms with E-state index in [4.69, 9.17) is 27.6 Å². The van der Waals surface area contributed by atoms with E-state index >= 15 is 0 Å². The van der Waals surface area contributed by atoms with Crippen molar-refractivity contribution in [2.45, 2.75) is 64.0 Å². The molecule has 1 heterocycles. The van der Waals surface area contributed by atoms with Crippen LogP contribution in [0.15, 0.2) is 18.2 Å². The fourth-order valence-corrected chi connectivity index (χ4v) is 4.67. The predicted molar refractivity (Wildman–Crippen MR) is 105 cm³/mol. The Hall–Kier alpha value is -0.593. The van der Waals surface area contributed by atoms with Crippen molar-refractivity contribution in [3.8, 4) is 0 Å². The van der Waals surface area contributed by atoms with Gasteiger partial charge in [0.05, 0.1) is 6.10 Å². The number of benzene rings is 1. The van der Waals surface area contributed by atoms with Crippen LogP contribution in [0.1, 0.15) is 32.8 Å². The summed E-state index contributed by atoms with van der Waals surface area (Å²) in [4.78, 5) is 13.6. The van der Waals surface area contributed by atoms with Crippen molar-refractivity contribution in [1.82, 2.24) is 4.90 Å². The zero-order valence-corrected chi connectivity index (χ0v) is 18.0. The van der Waals surface area contributed by atoms with Gasteiger partial charge in [-0.15, -0.1) is 0 Å². The number of hydrogen-bond acceptors (Lipinski definition) is 3. The largest absolute Gasteiger partial charge is 0.480 e. The third-order valence-corrected chi connectivity index (χ3v) is 10.4. The molecule has 0 bridgehead atoms. The third kappa shape index (κ3) is 4.98. The molecule has 1 aromatic rings. The summed E-state index contributed by atoms with van der Waals surface area (Å²) in [6, 6.07) is 4.76. The maximum Gasteiger partial charge on any atom is 0.321 e. The molecule has 0 saturated carbocycles. The van der Waals surface area contributed by atoms with Crippen LogP contribution in [0.5, 0.6) is 0 Å². The van der Waals surface area contributed by atoms with Gasteiger partial charge >= 0.3 is 5.97 Å². The van der Waals surface area contributed by atoms with Gasteiger partial charge in [-0.2, -0.15) is 0 Å². The summed E-state index contributed by atoms with van der Waals surface area (Å²) < 4.78 is 6.44. The summed E-state index contributed by atoms with van der Waals surface area (Å²) in [6.07, 6.45) is 0.445. The average molecular weight is 404 g/mol. The molecule has 0 aliphatic carbocycles. The molecule has 1 N–H and O–H groups in total. The Labute approximate surface area is 161 Å². The van der Waals surface area contributed by atoms with E-state index in [1.807, 2.05) is 11.0 Å². The zero-order valence-electron chi connectivity index (χ0n) is 15.5. The summed E-state index contributed by atoms with van der Waals surface area (Å²) >= 11 is 12.2. The highest BCUT2D eigenvalue weighted by Crippen LogP contribution is 2.39. The summed E-state index contributed by atoms with van der Waals surface area (Å²) in [5, 5.41) is 10.8. The van der Waals surface area contributed by atoms with Crippen LogP contribution in [0.2, 0.25) is 28.2 Å². The molecule has 0 aromatic heterocycles. The highest BCUT2D eigenvalue weighted by Gasteiger charge is 2.44. The Morgan fingerprint density at radius 1 is 1.36 bits per heavy atom. The van der Waals surface area contributed by atoms with Crippen molar-refractivity contribution in [1.29, 1.82) is 0 Å². The minimum absolute atomic E-state index is 0.0620. The van der Waals surface area contributed by atoms with Crippen molar-refractivity contribution in [3.63, 3.8) is 0 Å². The van der Waals surface area contributed by atoms with Crippen molar-refractivity contribution < 1.29 is 14.3 Å². The van der Waals surface area contributed by atoms with Crippen LogP contribution in [-0.2, 0) is 15.8 Å². The fourth-order valence-electron chi connectivity index (χ4n) is 2.84. The van der Waals surface area contributed by atoms with Gasteiger partial charge in [0.15, 0.2) is 8.32 Å². The van der Waals surface area contributed by atoms with Gasteiger partial charge < -0.3 is 9.53 Å². The van der Waals surface area contributed by atoms with Gasteiger partial charge in [-0.25, -0.2) is 0 Å². The maximum absolute atomic E-state index is 11.7. The van der Waals surface area contributed by atoms with Crippen LogP contribution >= 0.6 is 23.2 Å². The van der Waals surface area contributed by atoms with Crippen LogP contribution in [0.25, 0.3) is 0 Å². The standard InChI is InChI=1S/C18H27Cl2NO3Si/c1-18(2,3)25(4,5)24-14-9-16(17(22)23)21(11-14)10-12-6-7-13(19)8-15(12)20/h6-8,14,16H,9-11H2,1-5H3,(H,22,23)/t14?,16-/m0/s1. The minimum atomic E-state index is -1.94. The molecule has 1 aliphatic rings. The molecular formula is C18H27Cl2NO3Si. The van der Waals surface area contributed by atoms with Crippen LogP contribution in [0, 0.1) is 0 Å². The lowest BCUT2D eigenvalue weighted by molar-refractivity contribution is -0.142. The number of likely N-dealkylation sites (tertiary alicyclic amines) is 1. The van der Waals surface area contributed by atoms with Gasteiger partial charge in [0.25, 0.3) is 0 Å². The number of halogens is 2. The highest BCUT2D eigenvalue weighted by atomic mass is 35.5. The van der Waals surface area contributed by atoms with E-state index in [2.05, 4.69) is 33.9 Å². The van der Waals surface area contributed by atoms with Crippen LogP contribution in [0.3, 0.4) is 0 Å². The molecule has 0 spiro atoms. The Bertz CT molecular complexity index is 646. The number of aliphatic carboxylic acids is 1. The Morgan fingerprint density at radius 2 is 2.00 bits per heavy atom. The van der Waals surface area contributed by atoms with E-state index in [1.165, 1.54) is 0 Å². The first-order valence-electron chi connectivity index (χ1n) is 8.49. The lowest BCUT2D eigenvalue weighted by atomic mass is 10.1. The lowest BCUT2D eigenvalue weighted by Crippen LogP contribution is -2.44. The van der Waals surface area contributed by atoms with Gasteiger partial charge in [0.1, 0.15) is 6.04 Å². The van der Waals surface area contributed by atoms with Gasteiger partial charge in [0.2, 0.25) is 0 Å². The van der Waals surface area contributed by atoms with Crippen molar-refractivity contribution in [3.05, 3.63) is 33.8 Å². The van der Waals surface area contributed by atoms with Gasteiger partial charge in [-0.05, 0) is 42.2 Å². The molecule has 140 valence electrons. The topological polar surface area (TPSA) is 49.8 Å². The third-order valence-electron chi connectivity index (χ3n) is 5.31. The lowest BCUT2D eigenvalue weighted by Gasteiger charge is -2.38. The van der Waals surface area contributed by atoms with Crippen molar-refractivity contribution in [2.24, 2.45) is 0 Å². The second kappa shape index (κ2) is 7.57. The fraction of sp³-hybridized carbons (Fsp3) is 0.611. The first kappa shape index (κ1) is 20.7. The molecule has 1 saturated heterocycles. The normalized spacial score (nSPS) is 22.4. The smallest absolute Gasteiger partial charge is 0.321 e. The Balaban J connectivity index is 2.14. The van der Waals surface area contributed by atoms with Gasteiger partial charge in [0, 0.05) is 23.1 Å². The number of carbonyl (C=O) groups is 1. The number of hydrogen-bond donors (Lipinski definition) is 1. The second-order valence-electron chi connectivity index (χ2n) is 8.26. The molecule has 1 fully saturated rings. The summed E-state index contributed by atoms with van der Waals surface area (Å²) in [6.45, 7) is 12.0. The molecule has 7 heteroatoms. The molecule has 1 aromatic carbocycles. The molecule has 25 heavy (non-hydrogen) atoms. The number of carboxylic acids is 1. The Kier molecular flexibility index (Phi) is 6.27. The van der Waals surface area contributed by atoms with Crippen molar-refractivity contribution >= 4 is 37.5 Å². The molecule has 1 aliphatic heterocycles. The second-order valence-corrected chi connectivity index (χ2v) is 13.9. The van der Waals surface area contributed by atoms with Crippen LogP contribution < -0.4 is 0 Å². The van der Waals surface area contributed by atoms with Gasteiger partial charge in [-0.3, -0.25) is 9.69 Å². The molecule has 2 rings (SSSR count). The molecular weight excluding hydrogens is 377 g/mol. The van der Waals surface area contributed by atoms with Crippen molar-refractivity contribution in [2.75, 3.05) is 6.54 Å². The molecule has 0 radical (unpaired) electrons. The van der Waals surface area contributed by atoms with E-state index in [-0.39, 0.29) is 11.1 Å². The summed E-state index contributed by atoms with van der Waals surface area (Å²) in [5.41, 5.74) is 0.880. The van der Waals surface area contributed by atoms with E-state index in [1.54, 1.807) is 12.1 Å². The quantitative estimate of drug-likeness (QED) is 0.699.